The minimum atomic E-state index is -0.296. The summed E-state index contributed by atoms with van der Waals surface area (Å²) >= 11 is 8.72. The van der Waals surface area contributed by atoms with Gasteiger partial charge in [-0.2, -0.15) is 0 Å². The number of rotatable bonds is 2. The topological polar surface area (TPSA) is 73.8 Å². The van der Waals surface area contributed by atoms with Crippen LogP contribution in [0.25, 0.3) is 0 Å². The molecule has 6 nitrogen and oxygen atoms in total. The summed E-state index contributed by atoms with van der Waals surface area (Å²) in [4.78, 5) is 15.5. The second-order valence-electron chi connectivity index (χ2n) is 3.00. The molecule has 0 saturated heterocycles. The van der Waals surface area contributed by atoms with Crippen LogP contribution in [0.3, 0.4) is 0 Å². The molecule has 2 heterocycles. The van der Waals surface area contributed by atoms with Gasteiger partial charge >= 0.3 is 0 Å². The minimum absolute atomic E-state index is 0.128. The van der Waals surface area contributed by atoms with Gasteiger partial charge in [0.2, 0.25) is 11.8 Å². The summed E-state index contributed by atoms with van der Waals surface area (Å²) in [5, 5.41) is 7.57. The maximum absolute atomic E-state index is 11.7. The van der Waals surface area contributed by atoms with Gasteiger partial charge in [0.05, 0.1) is 6.33 Å². The molecule has 0 aliphatic rings. The third kappa shape index (κ3) is 2.14. The van der Waals surface area contributed by atoms with Crippen molar-refractivity contribution < 1.29 is 4.42 Å². The summed E-state index contributed by atoms with van der Waals surface area (Å²) in [7, 11) is 0. The van der Waals surface area contributed by atoms with Gasteiger partial charge in [-0.05, 0) is 15.9 Å². The standard InChI is InChI=1S/C8H6BrClN4O2/c1-4-12-13-5(16-4)2-14-3-11-7(10)6(9)8(14)15/h3H,2H2,1H3. The largest absolute Gasteiger partial charge is 0.424 e. The molecule has 0 fully saturated rings. The first-order valence-electron chi connectivity index (χ1n) is 4.27. The highest BCUT2D eigenvalue weighted by atomic mass is 79.9. The van der Waals surface area contributed by atoms with Gasteiger partial charge in [0.1, 0.15) is 11.0 Å². The van der Waals surface area contributed by atoms with Crippen LogP contribution < -0.4 is 5.56 Å². The van der Waals surface area contributed by atoms with Crippen molar-refractivity contribution in [2.45, 2.75) is 13.5 Å². The average Bonchev–Trinajstić information content (AvgIpc) is 2.65. The molecule has 0 unspecified atom stereocenters. The van der Waals surface area contributed by atoms with Crippen LogP contribution in [-0.4, -0.2) is 19.7 Å². The van der Waals surface area contributed by atoms with Crippen LogP contribution in [0.5, 0.6) is 0 Å². The normalized spacial score (nSPS) is 10.7. The third-order valence-electron chi connectivity index (χ3n) is 1.81. The summed E-state index contributed by atoms with van der Waals surface area (Å²) < 4.78 is 6.69. The first-order valence-corrected chi connectivity index (χ1v) is 5.44. The summed E-state index contributed by atoms with van der Waals surface area (Å²) in [6, 6.07) is 0. The third-order valence-corrected chi connectivity index (χ3v) is 3.04. The van der Waals surface area contributed by atoms with E-state index in [1.807, 2.05) is 0 Å². The van der Waals surface area contributed by atoms with Crippen molar-refractivity contribution in [3.63, 3.8) is 0 Å². The van der Waals surface area contributed by atoms with Crippen molar-refractivity contribution in [2.75, 3.05) is 0 Å². The van der Waals surface area contributed by atoms with Gasteiger partial charge in [-0.3, -0.25) is 9.36 Å². The first-order chi connectivity index (χ1) is 7.58. The monoisotopic (exact) mass is 304 g/mol. The number of aryl methyl sites for hydroxylation is 1. The van der Waals surface area contributed by atoms with E-state index in [0.717, 1.165) is 0 Å². The van der Waals surface area contributed by atoms with E-state index >= 15 is 0 Å². The Morgan fingerprint density at radius 1 is 1.56 bits per heavy atom. The SMILES string of the molecule is Cc1nnc(Cn2cnc(Cl)c(Br)c2=O)o1. The molecular formula is C8H6BrClN4O2. The molecule has 0 N–H and O–H groups in total. The lowest BCUT2D eigenvalue weighted by Gasteiger charge is -2.02. The van der Waals surface area contributed by atoms with E-state index < -0.39 is 0 Å². The fourth-order valence-electron chi connectivity index (χ4n) is 1.10. The van der Waals surface area contributed by atoms with E-state index in [1.165, 1.54) is 10.9 Å². The Kier molecular flexibility index (Phi) is 3.06. The van der Waals surface area contributed by atoms with Crippen molar-refractivity contribution in [3.05, 3.63) is 38.1 Å². The van der Waals surface area contributed by atoms with Crippen molar-refractivity contribution in [2.24, 2.45) is 0 Å². The zero-order valence-electron chi connectivity index (χ0n) is 8.15. The van der Waals surface area contributed by atoms with Gasteiger partial charge < -0.3 is 4.42 Å². The number of hydrogen-bond acceptors (Lipinski definition) is 5. The lowest BCUT2D eigenvalue weighted by Crippen LogP contribution is -2.22. The van der Waals surface area contributed by atoms with E-state index in [1.54, 1.807) is 6.92 Å². The zero-order chi connectivity index (χ0) is 11.7. The summed E-state index contributed by atoms with van der Waals surface area (Å²) in [5.41, 5.74) is -0.296. The van der Waals surface area contributed by atoms with Crippen LogP contribution in [0.2, 0.25) is 5.15 Å². The van der Waals surface area contributed by atoms with Crippen LogP contribution in [0.1, 0.15) is 11.8 Å². The maximum atomic E-state index is 11.7. The Labute approximate surface area is 103 Å². The second-order valence-corrected chi connectivity index (χ2v) is 4.15. The first kappa shape index (κ1) is 11.3. The lowest BCUT2D eigenvalue weighted by molar-refractivity contribution is 0.450. The van der Waals surface area contributed by atoms with E-state index in [2.05, 4.69) is 31.1 Å². The predicted molar refractivity (Wildman–Crippen MR) is 59.3 cm³/mol. The van der Waals surface area contributed by atoms with Crippen LogP contribution in [0.4, 0.5) is 0 Å². The number of hydrogen-bond donors (Lipinski definition) is 0. The van der Waals surface area contributed by atoms with Gasteiger partial charge in [0, 0.05) is 6.92 Å². The highest BCUT2D eigenvalue weighted by Gasteiger charge is 2.09. The molecule has 84 valence electrons. The minimum Gasteiger partial charge on any atom is -0.424 e. The molecule has 0 atom stereocenters. The molecule has 0 saturated carbocycles. The fraction of sp³-hybridized carbons (Fsp3) is 0.250. The highest BCUT2D eigenvalue weighted by Crippen LogP contribution is 2.13. The molecule has 0 aliphatic carbocycles. The predicted octanol–water partition coefficient (Wildman–Crippen LogP) is 1.40. The van der Waals surface area contributed by atoms with Crippen LogP contribution in [-0.2, 0) is 6.54 Å². The highest BCUT2D eigenvalue weighted by molar-refractivity contribution is 9.10. The smallest absolute Gasteiger partial charge is 0.269 e. The van der Waals surface area contributed by atoms with E-state index in [4.69, 9.17) is 16.0 Å². The van der Waals surface area contributed by atoms with Crippen molar-refractivity contribution in [1.29, 1.82) is 0 Å². The molecule has 0 amide bonds. The Morgan fingerprint density at radius 3 is 2.94 bits per heavy atom. The van der Waals surface area contributed by atoms with Crippen molar-refractivity contribution in [1.82, 2.24) is 19.7 Å². The summed E-state index contributed by atoms with van der Waals surface area (Å²) in [6.45, 7) is 1.84. The Bertz CT molecular complexity index is 580. The summed E-state index contributed by atoms with van der Waals surface area (Å²) in [6.07, 6.45) is 1.33. The van der Waals surface area contributed by atoms with E-state index in [0.29, 0.717) is 11.8 Å². The number of halogens is 2. The lowest BCUT2D eigenvalue weighted by atomic mass is 10.5. The Hall–Kier alpha value is -1.21. The van der Waals surface area contributed by atoms with Crippen molar-refractivity contribution >= 4 is 27.5 Å². The quantitative estimate of drug-likeness (QED) is 0.784. The van der Waals surface area contributed by atoms with Crippen LogP contribution in [0, 0.1) is 6.92 Å². The average molecular weight is 306 g/mol. The van der Waals surface area contributed by atoms with Gasteiger partial charge in [0.25, 0.3) is 5.56 Å². The van der Waals surface area contributed by atoms with Gasteiger partial charge in [0.15, 0.2) is 5.15 Å². The van der Waals surface area contributed by atoms with E-state index in [-0.39, 0.29) is 21.7 Å². The summed E-state index contributed by atoms with van der Waals surface area (Å²) in [5.74, 6) is 0.791. The number of aromatic nitrogens is 4. The molecule has 0 radical (unpaired) electrons. The molecule has 16 heavy (non-hydrogen) atoms. The molecule has 2 aromatic rings. The van der Waals surface area contributed by atoms with Crippen LogP contribution >= 0.6 is 27.5 Å². The second kappa shape index (κ2) is 4.34. The van der Waals surface area contributed by atoms with Crippen LogP contribution in [0.15, 0.2) is 20.0 Å². The van der Waals surface area contributed by atoms with Gasteiger partial charge in [-0.15, -0.1) is 10.2 Å². The molecule has 0 aromatic carbocycles. The van der Waals surface area contributed by atoms with Gasteiger partial charge in [-0.1, -0.05) is 11.6 Å². The molecule has 0 bridgehead atoms. The van der Waals surface area contributed by atoms with Crippen molar-refractivity contribution in [3.8, 4) is 0 Å². The number of nitrogens with zero attached hydrogens (tertiary/aromatic N) is 4. The molecule has 2 rings (SSSR count). The zero-order valence-corrected chi connectivity index (χ0v) is 10.5. The van der Waals surface area contributed by atoms with E-state index in [9.17, 15) is 4.79 Å². The molecule has 2 aromatic heterocycles. The maximum Gasteiger partial charge on any atom is 0.269 e. The fourth-order valence-corrected chi connectivity index (χ4v) is 1.56. The molecule has 0 spiro atoms. The van der Waals surface area contributed by atoms with Gasteiger partial charge in [-0.25, -0.2) is 4.98 Å². The molecule has 0 aliphatic heterocycles. The Morgan fingerprint density at radius 2 is 2.31 bits per heavy atom. The molecular weight excluding hydrogens is 299 g/mol. The Balaban J connectivity index is 2.36. The molecule has 8 heteroatoms.